The van der Waals surface area contributed by atoms with E-state index < -0.39 is 6.04 Å². The van der Waals surface area contributed by atoms with Crippen LogP contribution in [0.4, 0.5) is 0 Å². The molecule has 7 heteroatoms. The molecule has 1 heterocycles. The van der Waals surface area contributed by atoms with Gasteiger partial charge in [0.05, 0.1) is 17.8 Å². The van der Waals surface area contributed by atoms with Crippen molar-refractivity contribution in [2.24, 2.45) is 5.73 Å². The van der Waals surface area contributed by atoms with Gasteiger partial charge in [-0.3, -0.25) is 4.79 Å². The van der Waals surface area contributed by atoms with Crippen LogP contribution in [0.3, 0.4) is 0 Å². The lowest BCUT2D eigenvalue weighted by Gasteiger charge is -2.18. The number of thioether (sulfide) groups is 1. The third kappa shape index (κ3) is 5.57. The second-order valence-corrected chi connectivity index (χ2v) is 6.15. The Morgan fingerprint density at radius 1 is 1.39 bits per heavy atom. The van der Waals surface area contributed by atoms with E-state index in [1.54, 1.807) is 22.6 Å². The zero-order chi connectivity index (χ0) is 15.9. The topological polar surface area (TPSA) is 72.9 Å². The molecule has 0 radical (unpaired) electrons. The summed E-state index contributed by atoms with van der Waals surface area (Å²) >= 11 is 1.69. The molecular weight excluding hydrogens is 332 g/mol. The summed E-state index contributed by atoms with van der Waals surface area (Å²) in [6, 6.07) is 9.33. The summed E-state index contributed by atoms with van der Waals surface area (Å²) in [5.74, 6) is 0.791. The van der Waals surface area contributed by atoms with Crippen molar-refractivity contribution in [1.82, 2.24) is 15.1 Å². The molecule has 0 aliphatic rings. The summed E-state index contributed by atoms with van der Waals surface area (Å²) < 4.78 is 1.80. The number of nitrogens with zero attached hydrogens (tertiary/aromatic N) is 2. The highest BCUT2D eigenvalue weighted by atomic mass is 35.5. The van der Waals surface area contributed by atoms with Gasteiger partial charge in [-0.25, -0.2) is 4.68 Å². The van der Waals surface area contributed by atoms with Crippen LogP contribution in [0.25, 0.3) is 5.69 Å². The van der Waals surface area contributed by atoms with E-state index in [0.29, 0.717) is 6.42 Å². The fourth-order valence-corrected chi connectivity index (χ4v) is 2.61. The molecule has 3 N–H and O–H groups in total. The van der Waals surface area contributed by atoms with Crippen molar-refractivity contribution in [3.05, 3.63) is 48.3 Å². The number of rotatable bonds is 7. The predicted octanol–water partition coefficient (Wildman–Crippen LogP) is 2.55. The van der Waals surface area contributed by atoms with Gasteiger partial charge in [-0.1, -0.05) is 12.1 Å². The zero-order valence-corrected chi connectivity index (χ0v) is 14.9. The quantitative estimate of drug-likeness (QED) is 0.801. The average Bonchev–Trinajstić information content (AvgIpc) is 3.07. The Bertz CT molecular complexity index is 589. The first kappa shape index (κ1) is 19.5. The van der Waals surface area contributed by atoms with Gasteiger partial charge < -0.3 is 11.1 Å². The monoisotopic (exact) mass is 354 g/mol. The van der Waals surface area contributed by atoms with Gasteiger partial charge in [-0.05, 0) is 49.1 Å². The van der Waals surface area contributed by atoms with Gasteiger partial charge in [0, 0.05) is 12.4 Å². The Morgan fingerprint density at radius 3 is 2.65 bits per heavy atom. The van der Waals surface area contributed by atoms with Crippen molar-refractivity contribution in [2.75, 3.05) is 12.0 Å². The first-order chi connectivity index (χ1) is 10.6. The van der Waals surface area contributed by atoms with Crippen molar-refractivity contribution in [2.45, 2.75) is 25.4 Å². The number of carbonyl (C=O) groups is 1. The molecule has 1 aromatic heterocycles. The molecule has 5 nitrogen and oxygen atoms in total. The fraction of sp³-hybridized carbons (Fsp3) is 0.375. The van der Waals surface area contributed by atoms with Crippen LogP contribution in [-0.4, -0.2) is 33.7 Å². The van der Waals surface area contributed by atoms with Gasteiger partial charge in [0.1, 0.15) is 0 Å². The van der Waals surface area contributed by atoms with Crippen LogP contribution in [0.15, 0.2) is 42.7 Å². The summed E-state index contributed by atoms with van der Waals surface area (Å²) in [4.78, 5) is 12.0. The molecule has 0 aliphatic heterocycles. The van der Waals surface area contributed by atoms with Gasteiger partial charge in [0.2, 0.25) is 5.91 Å². The molecule has 2 atom stereocenters. The van der Waals surface area contributed by atoms with Crippen molar-refractivity contribution < 1.29 is 4.79 Å². The number of carbonyl (C=O) groups excluding carboxylic acids is 1. The van der Waals surface area contributed by atoms with Crippen molar-refractivity contribution in [1.29, 1.82) is 0 Å². The number of benzene rings is 1. The van der Waals surface area contributed by atoms with E-state index in [0.717, 1.165) is 17.0 Å². The molecule has 0 aliphatic carbocycles. The molecule has 2 aromatic rings. The van der Waals surface area contributed by atoms with Crippen molar-refractivity contribution in [3.63, 3.8) is 0 Å². The molecule has 1 unspecified atom stereocenters. The van der Waals surface area contributed by atoms with Crippen LogP contribution < -0.4 is 11.1 Å². The molecule has 126 valence electrons. The van der Waals surface area contributed by atoms with Gasteiger partial charge in [0.15, 0.2) is 0 Å². The van der Waals surface area contributed by atoms with Crippen molar-refractivity contribution >= 4 is 30.1 Å². The van der Waals surface area contributed by atoms with E-state index in [9.17, 15) is 4.79 Å². The fourth-order valence-electron chi connectivity index (χ4n) is 2.12. The number of nitrogens with two attached hydrogens (primary N) is 1. The Balaban J connectivity index is 0.00000264. The van der Waals surface area contributed by atoms with Crippen LogP contribution in [0.1, 0.15) is 24.9 Å². The lowest BCUT2D eigenvalue weighted by molar-refractivity contribution is -0.123. The van der Waals surface area contributed by atoms with E-state index in [4.69, 9.17) is 5.73 Å². The largest absolute Gasteiger partial charge is 0.348 e. The molecule has 0 fully saturated rings. The molecule has 0 spiro atoms. The minimum atomic E-state index is -0.446. The Labute approximate surface area is 147 Å². The molecule has 23 heavy (non-hydrogen) atoms. The first-order valence-electron chi connectivity index (χ1n) is 7.26. The van der Waals surface area contributed by atoms with Crippen LogP contribution in [0, 0.1) is 0 Å². The number of halogens is 1. The third-order valence-electron chi connectivity index (χ3n) is 3.49. The lowest BCUT2D eigenvalue weighted by Crippen LogP contribution is -2.41. The zero-order valence-electron chi connectivity index (χ0n) is 13.3. The lowest BCUT2D eigenvalue weighted by atomic mass is 10.1. The maximum absolute atomic E-state index is 12.0. The number of nitrogens with one attached hydrogen (secondary N) is 1. The predicted molar refractivity (Wildman–Crippen MR) is 98.3 cm³/mol. The van der Waals surface area contributed by atoms with Gasteiger partial charge in [0.25, 0.3) is 0 Å². The first-order valence-corrected chi connectivity index (χ1v) is 8.66. The highest BCUT2D eigenvalue weighted by molar-refractivity contribution is 7.98. The van der Waals surface area contributed by atoms with Crippen molar-refractivity contribution in [3.8, 4) is 5.69 Å². The van der Waals surface area contributed by atoms with Crippen LogP contribution in [-0.2, 0) is 4.79 Å². The molecule has 2 rings (SSSR count). The standard InChI is InChI=1S/C16H22N4OS.ClH/c1-12(19-16(21)15(17)8-11-22-2)13-4-6-14(7-5-13)20-10-3-9-18-20;/h3-7,9-10,12,15H,8,11,17H2,1-2H3,(H,19,21);1H/t12?,15-;/m0./s1. The van der Waals surface area contributed by atoms with Crippen LogP contribution in [0.2, 0.25) is 0 Å². The number of aromatic nitrogens is 2. The van der Waals surface area contributed by atoms with Crippen LogP contribution in [0.5, 0.6) is 0 Å². The highest BCUT2D eigenvalue weighted by Gasteiger charge is 2.16. The number of hydrogen-bond donors (Lipinski definition) is 2. The molecule has 0 saturated carbocycles. The van der Waals surface area contributed by atoms with E-state index in [1.165, 1.54) is 0 Å². The second kappa shape index (κ2) is 9.60. The number of amides is 1. The minimum Gasteiger partial charge on any atom is -0.348 e. The summed E-state index contributed by atoms with van der Waals surface area (Å²) in [6.45, 7) is 1.96. The Morgan fingerprint density at radius 2 is 2.09 bits per heavy atom. The molecule has 1 aromatic carbocycles. The molecule has 1 amide bonds. The van der Waals surface area contributed by atoms with Gasteiger partial charge >= 0.3 is 0 Å². The second-order valence-electron chi connectivity index (χ2n) is 5.16. The number of hydrogen-bond acceptors (Lipinski definition) is 4. The maximum Gasteiger partial charge on any atom is 0.237 e. The minimum absolute atomic E-state index is 0. The Hall–Kier alpha value is -1.50. The summed E-state index contributed by atoms with van der Waals surface area (Å²) in [6.07, 6.45) is 6.34. The smallest absolute Gasteiger partial charge is 0.237 e. The van der Waals surface area contributed by atoms with E-state index in [2.05, 4.69) is 10.4 Å². The summed E-state index contributed by atoms with van der Waals surface area (Å²) in [7, 11) is 0. The normalized spacial score (nSPS) is 13.0. The highest BCUT2D eigenvalue weighted by Crippen LogP contribution is 2.15. The average molecular weight is 355 g/mol. The van der Waals surface area contributed by atoms with E-state index in [-0.39, 0.29) is 24.4 Å². The summed E-state index contributed by atoms with van der Waals surface area (Å²) in [5, 5.41) is 7.15. The Kier molecular flexibility index (Phi) is 8.16. The SMILES string of the molecule is CSCC[C@H](N)C(=O)NC(C)c1ccc(-n2cccn2)cc1.Cl. The summed E-state index contributed by atoms with van der Waals surface area (Å²) in [5.41, 5.74) is 7.91. The van der Waals surface area contributed by atoms with Gasteiger partial charge in [-0.15, -0.1) is 12.4 Å². The van der Waals surface area contributed by atoms with E-state index >= 15 is 0 Å². The molecule has 0 saturated heterocycles. The van der Waals surface area contributed by atoms with Gasteiger partial charge in [-0.2, -0.15) is 16.9 Å². The molecule has 0 bridgehead atoms. The maximum atomic E-state index is 12.0. The third-order valence-corrected chi connectivity index (χ3v) is 4.13. The van der Waals surface area contributed by atoms with E-state index in [1.807, 2.05) is 49.7 Å². The van der Waals surface area contributed by atoms with Crippen LogP contribution >= 0.6 is 24.2 Å². The molecular formula is C16H23ClN4OS.